The van der Waals surface area contributed by atoms with Gasteiger partial charge in [0, 0.05) is 32.0 Å². The van der Waals surface area contributed by atoms with E-state index in [1.807, 2.05) is 42.0 Å². The Morgan fingerprint density at radius 3 is 2.56 bits per heavy atom. The summed E-state index contributed by atoms with van der Waals surface area (Å²) in [6.07, 6.45) is 0.698. The second-order valence-electron chi connectivity index (χ2n) is 6.90. The van der Waals surface area contributed by atoms with Gasteiger partial charge in [-0.1, -0.05) is 30.3 Å². The molecule has 32 heavy (non-hydrogen) atoms. The van der Waals surface area contributed by atoms with Crippen molar-refractivity contribution in [3.63, 3.8) is 0 Å². The number of rotatable bonds is 7. The van der Waals surface area contributed by atoms with Gasteiger partial charge in [-0.05, 0) is 35.7 Å². The molecule has 0 aliphatic carbocycles. The van der Waals surface area contributed by atoms with Gasteiger partial charge < -0.3 is 15.2 Å². The number of hydrogen-bond donors (Lipinski definition) is 2. The van der Waals surface area contributed by atoms with Crippen LogP contribution in [0.2, 0.25) is 0 Å². The van der Waals surface area contributed by atoms with Crippen LogP contribution >= 0.6 is 24.0 Å². The summed E-state index contributed by atoms with van der Waals surface area (Å²) in [5.41, 5.74) is 1.00. The number of alkyl halides is 3. The molecule has 1 aromatic heterocycles. The largest absolute Gasteiger partial charge is 0.416 e. The molecule has 5 nitrogen and oxygen atoms in total. The molecule has 0 bridgehead atoms. The molecule has 172 valence electrons. The fraction of sp³-hybridized carbons (Fsp3) is 0.273. The zero-order chi connectivity index (χ0) is 22.3. The van der Waals surface area contributed by atoms with Gasteiger partial charge in [0.1, 0.15) is 5.82 Å². The Morgan fingerprint density at radius 1 is 1.09 bits per heavy atom. The van der Waals surface area contributed by atoms with E-state index in [2.05, 4.69) is 20.6 Å². The van der Waals surface area contributed by atoms with Crippen LogP contribution in [0.25, 0.3) is 0 Å². The highest BCUT2D eigenvalue weighted by molar-refractivity contribution is 14.0. The van der Waals surface area contributed by atoms with Crippen LogP contribution in [0.3, 0.4) is 0 Å². The Kier molecular flexibility index (Phi) is 9.48. The van der Waals surface area contributed by atoms with E-state index in [1.165, 1.54) is 0 Å². The monoisotopic (exact) mass is 561 g/mol. The SMILES string of the molecule is CCNC(=NCc1cccc(Cn2ccnc2)c1)NCc1ccc(F)cc1C(F)(F)F.I. The highest BCUT2D eigenvalue weighted by Crippen LogP contribution is 2.32. The van der Waals surface area contributed by atoms with Crippen molar-refractivity contribution in [3.8, 4) is 0 Å². The van der Waals surface area contributed by atoms with Crippen LogP contribution in [0.4, 0.5) is 17.6 Å². The van der Waals surface area contributed by atoms with Gasteiger partial charge in [-0.25, -0.2) is 14.4 Å². The number of halogens is 5. The molecular formula is C22H24F4IN5. The van der Waals surface area contributed by atoms with Crippen LogP contribution in [0.5, 0.6) is 0 Å². The molecule has 0 atom stereocenters. The van der Waals surface area contributed by atoms with Gasteiger partial charge in [-0.2, -0.15) is 13.2 Å². The third kappa shape index (κ3) is 7.50. The van der Waals surface area contributed by atoms with Crippen molar-refractivity contribution >= 4 is 29.9 Å². The zero-order valence-electron chi connectivity index (χ0n) is 17.4. The minimum atomic E-state index is -4.63. The molecule has 0 fully saturated rings. The van der Waals surface area contributed by atoms with Crippen molar-refractivity contribution in [2.45, 2.75) is 32.7 Å². The Hall–Kier alpha value is -2.63. The minimum absolute atomic E-state index is 0. The van der Waals surface area contributed by atoms with Gasteiger partial charge in [-0.3, -0.25) is 0 Å². The maximum absolute atomic E-state index is 13.3. The predicted molar refractivity (Wildman–Crippen MR) is 126 cm³/mol. The molecule has 0 saturated heterocycles. The Balaban J connectivity index is 0.00000363. The lowest BCUT2D eigenvalue weighted by Gasteiger charge is -2.16. The molecule has 0 aliphatic rings. The van der Waals surface area contributed by atoms with Crippen molar-refractivity contribution in [1.29, 1.82) is 0 Å². The number of imidazole rings is 1. The lowest BCUT2D eigenvalue weighted by atomic mass is 10.1. The number of aliphatic imine (C=N–C) groups is 1. The average Bonchev–Trinajstić information content (AvgIpc) is 3.23. The highest BCUT2D eigenvalue weighted by Gasteiger charge is 2.33. The van der Waals surface area contributed by atoms with Crippen LogP contribution in [0.1, 0.15) is 29.2 Å². The summed E-state index contributed by atoms with van der Waals surface area (Å²) in [5.74, 6) is -0.549. The third-order valence-corrected chi connectivity index (χ3v) is 4.50. The van der Waals surface area contributed by atoms with Crippen LogP contribution in [-0.2, 0) is 25.8 Å². The molecule has 3 rings (SSSR count). The second-order valence-corrected chi connectivity index (χ2v) is 6.90. The number of hydrogen-bond acceptors (Lipinski definition) is 2. The molecule has 0 saturated carbocycles. The van der Waals surface area contributed by atoms with Crippen molar-refractivity contribution in [2.75, 3.05) is 6.54 Å². The van der Waals surface area contributed by atoms with Gasteiger partial charge in [0.2, 0.25) is 0 Å². The van der Waals surface area contributed by atoms with Crippen LogP contribution in [0.15, 0.2) is 66.2 Å². The predicted octanol–water partition coefficient (Wildman–Crippen LogP) is 4.96. The maximum atomic E-state index is 13.3. The number of guanidine groups is 1. The van der Waals surface area contributed by atoms with Gasteiger partial charge in [-0.15, -0.1) is 24.0 Å². The summed E-state index contributed by atoms with van der Waals surface area (Å²) in [6.45, 7) is 3.30. The van der Waals surface area contributed by atoms with E-state index in [0.29, 0.717) is 31.7 Å². The summed E-state index contributed by atoms with van der Waals surface area (Å²) < 4.78 is 54.8. The summed E-state index contributed by atoms with van der Waals surface area (Å²) in [4.78, 5) is 8.49. The molecule has 2 N–H and O–H groups in total. The highest BCUT2D eigenvalue weighted by atomic mass is 127. The number of nitrogens with zero attached hydrogens (tertiary/aromatic N) is 3. The van der Waals surface area contributed by atoms with Gasteiger partial charge in [0.05, 0.1) is 18.4 Å². The van der Waals surface area contributed by atoms with E-state index < -0.39 is 17.6 Å². The van der Waals surface area contributed by atoms with Gasteiger partial charge >= 0.3 is 6.18 Å². The smallest absolute Gasteiger partial charge is 0.357 e. The number of benzene rings is 2. The summed E-state index contributed by atoms with van der Waals surface area (Å²) in [6, 6.07) is 10.6. The number of aromatic nitrogens is 2. The molecule has 0 unspecified atom stereocenters. The first-order valence-electron chi connectivity index (χ1n) is 9.76. The quantitative estimate of drug-likeness (QED) is 0.186. The Labute approximate surface area is 201 Å². The first kappa shape index (κ1) is 25.6. The van der Waals surface area contributed by atoms with Crippen LogP contribution in [0, 0.1) is 5.82 Å². The van der Waals surface area contributed by atoms with E-state index in [-0.39, 0.29) is 36.1 Å². The van der Waals surface area contributed by atoms with Gasteiger partial charge in [0.15, 0.2) is 5.96 Å². The lowest BCUT2D eigenvalue weighted by molar-refractivity contribution is -0.138. The maximum Gasteiger partial charge on any atom is 0.416 e. The Bertz CT molecular complexity index is 1020. The van der Waals surface area contributed by atoms with E-state index >= 15 is 0 Å². The molecular weight excluding hydrogens is 537 g/mol. The molecule has 10 heteroatoms. The van der Waals surface area contributed by atoms with Crippen molar-refractivity contribution in [2.24, 2.45) is 4.99 Å². The Morgan fingerprint density at radius 2 is 1.88 bits per heavy atom. The third-order valence-electron chi connectivity index (χ3n) is 4.50. The van der Waals surface area contributed by atoms with Crippen LogP contribution < -0.4 is 10.6 Å². The normalized spacial score (nSPS) is 11.7. The molecule has 1 heterocycles. The van der Waals surface area contributed by atoms with E-state index in [4.69, 9.17) is 0 Å². The van der Waals surface area contributed by atoms with E-state index in [0.717, 1.165) is 23.3 Å². The fourth-order valence-electron chi connectivity index (χ4n) is 3.08. The minimum Gasteiger partial charge on any atom is -0.357 e. The van der Waals surface area contributed by atoms with E-state index in [9.17, 15) is 17.6 Å². The topological polar surface area (TPSA) is 54.2 Å². The first-order valence-corrected chi connectivity index (χ1v) is 9.76. The molecule has 0 amide bonds. The summed E-state index contributed by atoms with van der Waals surface area (Å²) in [5, 5.41) is 5.91. The molecule has 2 aromatic carbocycles. The standard InChI is InChI=1S/C22H23F4N5.HI/c1-2-28-21(30-13-18-6-7-19(23)11-20(18)22(24,25)26)29-12-16-4-3-5-17(10-16)14-31-9-8-27-15-31;/h3-11,15H,2,12-14H2,1H3,(H2,28,29,30);1H. The lowest BCUT2D eigenvalue weighted by Crippen LogP contribution is -2.37. The summed E-state index contributed by atoms with van der Waals surface area (Å²) in [7, 11) is 0. The van der Waals surface area contributed by atoms with Crippen molar-refractivity contribution < 1.29 is 17.6 Å². The van der Waals surface area contributed by atoms with Gasteiger partial charge in [0.25, 0.3) is 0 Å². The zero-order valence-corrected chi connectivity index (χ0v) is 19.7. The van der Waals surface area contributed by atoms with Crippen molar-refractivity contribution in [1.82, 2.24) is 20.2 Å². The number of nitrogens with one attached hydrogen (secondary N) is 2. The van der Waals surface area contributed by atoms with E-state index in [1.54, 1.807) is 12.5 Å². The molecule has 0 spiro atoms. The first-order chi connectivity index (χ1) is 14.8. The summed E-state index contributed by atoms with van der Waals surface area (Å²) >= 11 is 0. The van der Waals surface area contributed by atoms with Crippen molar-refractivity contribution in [3.05, 3.63) is 89.3 Å². The molecule has 0 aliphatic heterocycles. The average molecular weight is 561 g/mol. The molecule has 3 aromatic rings. The van der Waals surface area contributed by atoms with Crippen LogP contribution in [-0.4, -0.2) is 22.1 Å². The molecule has 0 radical (unpaired) electrons. The second kappa shape index (κ2) is 11.8. The fourth-order valence-corrected chi connectivity index (χ4v) is 3.08.